The van der Waals surface area contributed by atoms with Gasteiger partial charge in [0, 0.05) is 10.9 Å². The highest BCUT2D eigenvalue weighted by molar-refractivity contribution is 9.11. The third-order valence-corrected chi connectivity index (χ3v) is 5.66. The molecule has 1 fully saturated rings. The number of halogens is 1. The predicted octanol–water partition coefficient (Wildman–Crippen LogP) is 4.89. The first kappa shape index (κ1) is 15.5. The molecule has 1 aliphatic carbocycles. The second-order valence-electron chi connectivity index (χ2n) is 5.47. The lowest BCUT2D eigenvalue weighted by Gasteiger charge is -2.27. The summed E-state index contributed by atoms with van der Waals surface area (Å²) >= 11 is 5.26. The molecule has 1 aromatic heterocycles. The lowest BCUT2D eigenvalue weighted by molar-refractivity contribution is 0.00640. The van der Waals surface area contributed by atoms with Crippen molar-refractivity contribution in [1.82, 2.24) is 0 Å². The van der Waals surface area contributed by atoms with Gasteiger partial charge >= 0.3 is 0 Å². The molecule has 19 heavy (non-hydrogen) atoms. The van der Waals surface area contributed by atoms with Gasteiger partial charge in [-0.25, -0.2) is 0 Å². The molecule has 0 amide bonds. The van der Waals surface area contributed by atoms with Crippen LogP contribution in [0.5, 0.6) is 0 Å². The van der Waals surface area contributed by atoms with E-state index in [1.807, 2.05) is 0 Å². The molecule has 2 unspecified atom stereocenters. The van der Waals surface area contributed by atoms with Gasteiger partial charge in [-0.15, -0.1) is 11.3 Å². The van der Waals surface area contributed by atoms with Crippen molar-refractivity contribution in [3.63, 3.8) is 0 Å². The minimum absolute atomic E-state index is 0.0585. The Morgan fingerprint density at radius 1 is 1.37 bits per heavy atom. The molecule has 2 atom stereocenters. The molecule has 0 spiro atoms. The van der Waals surface area contributed by atoms with Crippen LogP contribution in [0.2, 0.25) is 0 Å². The van der Waals surface area contributed by atoms with E-state index in [1.165, 1.54) is 37.0 Å². The summed E-state index contributed by atoms with van der Waals surface area (Å²) in [4.78, 5) is 1.25. The molecule has 108 valence electrons. The molecule has 1 aromatic rings. The molecular weight excluding hydrogens is 322 g/mol. The van der Waals surface area contributed by atoms with Crippen LogP contribution >= 0.6 is 27.3 Å². The van der Waals surface area contributed by atoms with Gasteiger partial charge in [0.2, 0.25) is 0 Å². The van der Waals surface area contributed by atoms with E-state index in [4.69, 9.17) is 10.5 Å². The van der Waals surface area contributed by atoms with E-state index in [1.54, 1.807) is 11.3 Å². The lowest BCUT2D eigenvalue weighted by Crippen LogP contribution is -2.30. The summed E-state index contributed by atoms with van der Waals surface area (Å²) in [7, 11) is 0. The van der Waals surface area contributed by atoms with Crippen LogP contribution in [0, 0.1) is 5.92 Å². The summed E-state index contributed by atoms with van der Waals surface area (Å²) in [5.41, 5.74) is 6.24. The zero-order chi connectivity index (χ0) is 13.7. The van der Waals surface area contributed by atoms with E-state index in [9.17, 15) is 0 Å². The third-order valence-electron chi connectivity index (χ3n) is 3.97. The van der Waals surface area contributed by atoms with Gasteiger partial charge in [0.15, 0.2) is 0 Å². The molecule has 4 heteroatoms. The summed E-state index contributed by atoms with van der Waals surface area (Å²) in [6.07, 6.45) is 7.77. The molecule has 0 aliphatic heterocycles. The topological polar surface area (TPSA) is 35.2 Å². The van der Waals surface area contributed by atoms with Gasteiger partial charge in [-0.3, -0.25) is 0 Å². The molecule has 1 heterocycles. The van der Waals surface area contributed by atoms with Gasteiger partial charge in [0.05, 0.1) is 10.4 Å². The number of ether oxygens (including phenoxy) is 1. The largest absolute Gasteiger partial charge is 0.371 e. The van der Waals surface area contributed by atoms with Crippen molar-refractivity contribution in [3.8, 4) is 0 Å². The number of hydrogen-bond donors (Lipinski definition) is 1. The zero-order valence-corrected chi connectivity index (χ0v) is 14.0. The first-order valence-corrected chi connectivity index (χ1v) is 8.94. The van der Waals surface area contributed by atoms with Crippen LogP contribution in [0.4, 0.5) is 0 Å². The van der Waals surface area contributed by atoms with Crippen molar-refractivity contribution in [2.45, 2.75) is 57.6 Å². The lowest BCUT2D eigenvalue weighted by atomic mass is 9.90. The van der Waals surface area contributed by atoms with Crippen molar-refractivity contribution in [2.24, 2.45) is 11.7 Å². The van der Waals surface area contributed by atoms with Crippen LogP contribution in [0.25, 0.3) is 0 Å². The van der Waals surface area contributed by atoms with E-state index < -0.39 is 0 Å². The van der Waals surface area contributed by atoms with Crippen molar-refractivity contribution < 1.29 is 4.74 Å². The minimum atomic E-state index is 0.0585. The Morgan fingerprint density at radius 3 is 2.68 bits per heavy atom. The highest BCUT2D eigenvalue weighted by Crippen LogP contribution is 2.33. The molecule has 2 N–H and O–H groups in total. The van der Waals surface area contributed by atoms with Gasteiger partial charge in [-0.05, 0) is 53.2 Å². The molecule has 1 saturated carbocycles. The highest BCUT2D eigenvalue weighted by atomic mass is 79.9. The summed E-state index contributed by atoms with van der Waals surface area (Å²) in [6.45, 7) is 3.00. The Hall–Kier alpha value is 0.1000. The fourth-order valence-corrected chi connectivity index (χ4v) is 4.25. The Labute approximate surface area is 128 Å². The summed E-state index contributed by atoms with van der Waals surface area (Å²) in [5.74, 6) is 0.740. The van der Waals surface area contributed by atoms with Gasteiger partial charge in [0.1, 0.15) is 6.10 Å². The smallest absolute Gasteiger partial charge is 0.107 e. The average Bonchev–Trinajstić information content (AvgIpc) is 2.86. The molecule has 0 aromatic carbocycles. The molecule has 0 saturated heterocycles. The first-order chi connectivity index (χ1) is 9.20. The van der Waals surface area contributed by atoms with Crippen LogP contribution in [0.15, 0.2) is 15.9 Å². The van der Waals surface area contributed by atoms with E-state index in [-0.39, 0.29) is 12.1 Å². The van der Waals surface area contributed by atoms with Gasteiger partial charge < -0.3 is 10.5 Å². The summed E-state index contributed by atoms with van der Waals surface area (Å²) in [6, 6.07) is 4.31. The van der Waals surface area contributed by atoms with E-state index in [2.05, 4.69) is 35.0 Å². The second kappa shape index (κ2) is 7.77. The molecule has 0 radical (unpaired) electrons. The van der Waals surface area contributed by atoms with Crippen molar-refractivity contribution in [3.05, 3.63) is 20.8 Å². The van der Waals surface area contributed by atoms with Crippen LogP contribution in [0.3, 0.4) is 0 Å². The molecule has 1 aliphatic rings. The van der Waals surface area contributed by atoms with E-state index >= 15 is 0 Å². The van der Waals surface area contributed by atoms with E-state index in [0.717, 1.165) is 22.7 Å². The van der Waals surface area contributed by atoms with Crippen LogP contribution < -0.4 is 5.73 Å². The maximum absolute atomic E-state index is 6.24. The highest BCUT2D eigenvalue weighted by Gasteiger charge is 2.23. The van der Waals surface area contributed by atoms with Crippen molar-refractivity contribution in [1.29, 1.82) is 0 Å². The SMILES string of the molecule is CCC(N)C(OCC1CCCCC1)c1ccc(Br)s1. The normalized spacial score (nSPS) is 20.4. The number of rotatable bonds is 6. The van der Waals surface area contributed by atoms with Gasteiger partial charge in [0.25, 0.3) is 0 Å². The van der Waals surface area contributed by atoms with E-state index in [0.29, 0.717) is 0 Å². The Balaban J connectivity index is 1.93. The molecular formula is C15H24BrNOS. The summed E-state index contributed by atoms with van der Waals surface area (Å²) < 4.78 is 7.35. The van der Waals surface area contributed by atoms with Gasteiger partial charge in [-0.2, -0.15) is 0 Å². The number of hydrogen-bond acceptors (Lipinski definition) is 3. The first-order valence-electron chi connectivity index (χ1n) is 7.33. The minimum Gasteiger partial charge on any atom is -0.371 e. The number of thiophene rings is 1. The average molecular weight is 346 g/mol. The van der Waals surface area contributed by atoms with Crippen LogP contribution in [0.1, 0.15) is 56.4 Å². The Morgan fingerprint density at radius 2 is 2.11 bits per heavy atom. The second-order valence-corrected chi connectivity index (χ2v) is 7.97. The molecule has 2 rings (SSSR count). The fraction of sp³-hybridized carbons (Fsp3) is 0.733. The number of nitrogens with two attached hydrogens (primary N) is 1. The summed E-state index contributed by atoms with van der Waals surface area (Å²) in [5, 5.41) is 0. The fourth-order valence-electron chi connectivity index (χ4n) is 2.71. The Bertz CT molecular complexity index is 376. The van der Waals surface area contributed by atoms with Crippen LogP contribution in [-0.4, -0.2) is 12.6 Å². The van der Waals surface area contributed by atoms with Gasteiger partial charge in [-0.1, -0.05) is 26.2 Å². The maximum atomic E-state index is 6.24. The van der Waals surface area contributed by atoms with Crippen molar-refractivity contribution >= 4 is 27.3 Å². The standard InChI is InChI=1S/C15H24BrNOS/c1-2-12(17)15(13-8-9-14(16)19-13)18-10-11-6-4-3-5-7-11/h8-9,11-12,15H,2-7,10,17H2,1H3. The van der Waals surface area contributed by atoms with Crippen molar-refractivity contribution in [2.75, 3.05) is 6.61 Å². The maximum Gasteiger partial charge on any atom is 0.107 e. The third kappa shape index (κ3) is 4.55. The zero-order valence-electron chi connectivity index (χ0n) is 11.6. The predicted molar refractivity (Wildman–Crippen MR) is 85.6 cm³/mol. The monoisotopic (exact) mass is 345 g/mol. The Kier molecular flexibility index (Phi) is 6.33. The molecule has 0 bridgehead atoms. The van der Waals surface area contributed by atoms with Crippen LogP contribution in [-0.2, 0) is 4.74 Å². The quantitative estimate of drug-likeness (QED) is 0.796. The molecule has 2 nitrogen and oxygen atoms in total.